The van der Waals surface area contributed by atoms with E-state index in [1.807, 2.05) is 37.2 Å². The summed E-state index contributed by atoms with van der Waals surface area (Å²) in [6, 6.07) is 12.0. The third-order valence-electron chi connectivity index (χ3n) is 3.04. The lowest BCUT2D eigenvalue weighted by Crippen LogP contribution is -2.09. The third-order valence-corrected chi connectivity index (χ3v) is 3.04. The van der Waals surface area contributed by atoms with Crippen LogP contribution in [0, 0.1) is 5.82 Å². The van der Waals surface area contributed by atoms with Crippen LogP contribution in [0.1, 0.15) is 18.5 Å². The standard InChI is InChI=1S/C16H19FN2O/c1-11(18)14-8-5-9-15(17)16(14)20-13-7-4-6-12(10-13)19(2)3/h4-11H,18H2,1-3H3/t11-/m0/s1. The Morgan fingerprint density at radius 3 is 2.50 bits per heavy atom. The predicted octanol–water partition coefficient (Wildman–Crippen LogP) is 3.70. The van der Waals surface area contributed by atoms with Crippen LogP contribution < -0.4 is 15.4 Å². The van der Waals surface area contributed by atoms with Crippen LogP contribution >= 0.6 is 0 Å². The Bertz CT molecular complexity index is 597. The van der Waals surface area contributed by atoms with Gasteiger partial charge in [0.25, 0.3) is 0 Å². The molecule has 0 heterocycles. The molecule has 1 atom stereocenters. The molecule has 20 heavy (non-hydrogen) atoms. The molecule has 0 amide bonds. The lowest BCUT2D eigenvalue weighted by Gasteiger charge is -2.17. The second-order valence-corrected chi connectivity index (χ2v) is 4.94. The molecule has 0 fully saturated rings. The molecule has 2 aromatic rings. The summed E-state index contributed by atoms with van der Waals surface area (Å²) in [4.78, 5) is 1.96. The Balaban J connectivity index is 2.37. The molecule has 0 unspecified atom stereocenters. The summed E-state index contributed by atoms with van der Waals surface area (Å²) in [6.07, 6.45) is 0. The summed E-state index contributed by atoms with van der Waals surface area (Å²) >= 11 is 0. The molecule has 0 bridgehead atoms. The molecule has 4 heteroatoms. The minimum atomic E-state index is -0.407. The van der Waals surface area contributed by atoms with Crippen molar-refractivity contribution in [2.75, 3.05) is 19.0 Å². The van der Waals surface area contributed by atoms with Crippen molar-refractivity contribution in [3.05, 3.63) is 53.8 Å². The van der Waals surface area contributed by atoms with Gasteiger partial charge in [0.1, 0.15) is 5.75 Å². The van der Waals surface area contributed by atoms with Gasteiger partial charge in [-0.1, -0.05) is 18.2 Å². The average Bonchev–Trinajstić information content (AvgIpc) is 2.41. The van der Waals surface area contributed by atoms with Gasteiger partial charge in [-0.25, -0.2) is 4.39 Å². The van der Waals surface area contributed by atoms with Crippen LogP contribution in [0.2, 0.25) is 0 Å². The smallest absolute Gasteiger partial charge is 0.167 e. The van der Waals surface area contributed by atoms with Crippen molar-refractivity contribution in [2.45, 2.75) is 13.0 Å². The number of nitrogens with zero attached hydrogens (tertiary/aromatic N) is 1. The average molecular weight is 274 g/mol. The van der Waals surface area contributed by atoms with Gasteiger partial charge in [0.15, 0.2) is 11.6 Å². The van der Waals surface area contributed by atoms with Crippen molar-refractivity contribution in [2.24, 2.45) is 5.73 Å². The number of para-hydroxylation sites is 1. The summed E-state index contributed by atoms with van der Waals surface area (Å²) in [6.45, 7) is 1.80. The zero-order valence-electron chi connectivity index (χ0n) is 11.9. The summed E-state index contributed by atoms with van der Waals surface area (Å²) in [5.41, 5.74) is 7.50. The van der Waals surface area contributed by atoms with Crippen LogP contribution in [0.25, 0.3) is 0 Å². The molecule has 2 rings (SSSR count). The molecular formula is C16H19FN2O. The molecule has 0 aliphatic carbocycles. The molecule has 0 aliphatic heterocycles. The van der Waals surface area contributed by atoms with E-state index in [1.165, 1.54) is 6.07 Å². The first-order valence-corrected chi connectivity index (χ1v) is 6.48. The molecule has 2 N–H and O–H groups in total. The van der Waals surface area contributed by atoms with E-state index in [1.54, 1.807) is 25.1 Å². The van der Waals surface area contributed by atoms with Crippen LogP contribution in [0.3, 0.4) is 0 Å². The van der Waals surface area contributed by atoms with Gasteiger partial charge in [-0.3, -0.25) is 0 Å². The predicted molar refractivity (Wildman–Crippen MR) is 79.8 cm³/mol. The van der Waals surface area contributed by atoms with Crippen LogP contribution in [-0.4, -0.2) is 14.1 Å². The highest BCUT2D eigenvalue weighted by molar-refractivity contribution is 5.51. The second kappa shape index (κ2) is 5.92. The van der Waals surface area contributed by atoms with Crippen LogP contribution in [0.5, 0.6) is 11.5 Å². The van der Waals surface area contributed by atoms with E-state index in [9.17, 15) is 4.39 Å². The summed E-state index contributed by atoms with van der Waals surface area (Å²) in [7, 11) is 3.88. The lowest BCUT2D eigenvalue weighted by molar-refractivity contribution is 0.433. The van der Waals surface area contributed by atoms with Crippen molar-refractivity contribution in [3.8, 4) is 11.5 Å². The van der Waals surface area contributed by atoms with Gasteiger partial charge in [-0.15, -0.1) is 0 Å². The largest absolute Gasteiger partial charge is 0.454 e. The van der Waals surface area contributed by atoms with Crippen LogP contribution in [-0.2, 0) is 0 Å². The fourth-order valence-electron chi connectivity index (χ4n) is 1.93. The highest BCUT2D eigenvalue weighted by Gasteiger charge is 2.14. The maximum absolute atomic E-state index is 14.0. The van der Waals surface area contributed by atoms with Gasteiger partial charge < -0.3 is 15.4 Å². The summed E-state index contributed by atoms with van der Waals surface area (Å²) in [5, 5.41) is 0. The van der Waals surface area contributed by atoms with Gasteiger partial charge in [-0.2, -0.15) is 0 Å². The number of anilines is 1. The molecule has 2 aromatic carbocycles. The van der Waals surface area contributed by atoms with Crippen molar-refractivity contribution < 1.29 is 9.13 Å². The normalized spacial score (nSPS) is 12.1. The molecule has 0 radical (unpaired) electrons. The number of halogens is 1. The van der Waals surface area contributed by atoms with E-state index < -0.39 is 5.82 Å². The van der Waals surface area contributed by atoms with Gasteiger partial charge in [0.2, 0.25) is 0 Å². The quantitative estimate of drug-likeness (QED) is 0.923. The molecule has 0 aromatic heterocycles. The van der Waals surface area contributed by atoms with Gasteiger partial charge in [0, 0.05) is 37.5 Å². The molecule has 3 nitrogen and oxygen atoms in total. The second-order valence-electron chi connectivity index (χ2n) is 4.94. The third kappa shape index (κ3) is 3.08. The lowest BCUT2D eigenvalue weighted by atomic mass is 10.1. The van der Waals surface area contributed by atoms with E-state index in [4.69, 9.17) is 10.5 Å². The van der Waals surface area contributed by atoms with Crippen molar-refractivity contribution >= 4 is 5.69 Å². The van der Waals surface area contributed by atoms with E-state index >= 15 is 0 Å². The van der Waals surface area contributed by atoms with Gasteiger partial charge >= 0.3 is 0 Å². The summed E-state index contributed by atoms with van der Waals surface area (Å²) in [5.74, 6) is 0.372. The topological polar surface area (TPSA) is 38.5 Å². The number of hydrogen-bond donors (Lipinski definition) is 1. The molecule has 0 spiro atoms. The van der Waals surface area contributed by atoms with Crippen molar-refractivity contribution in [3.63, 3.8) is 0 Å². The maximum atomic E-state index is 14.0. The highest BCUT2D eigenvalue weighted by atomic mass is 19.1. The van der Waals surface area contributed by atoms with Crippen LogP contribution in [0.4, 0.5) is 10.1 Å². The maximum Gasteiger partial charge on any atom is 0.167 e. The number of hydrogen-bond acceptors (Lipinski definition) is 3. The molecule has 0 aliphatic rings. The molecule has 0 saturated carbocycles. The van der Waals surface area contributed by atoms with Crippen LogP contribution in [0.15, 0.2) is 42.5 Å². The number of rotatable bonds is 4. The van der Waals surface area contributed by atoms with E-state index in [0.717, 1.165) is 5.69 Å². The fourth-order valence-corrected chi connectivity index (χ4v) is 1.93. The first-order chi connectivity index (χ1) is 9.49. The summed E-state index contributed by atoms with van der Waals surface area (Å²) < 4.78 is 19.7. The number of nitrogens with two attached hydrogens (primary N) is 1. The van der Waals surface area contributed by atoms with E-state index in [-0.39, 0.29) is 11.8 Å². The van der Waals surface area contributed by atoms with E-state index in [0.29, 0.717) is 11.3 Å². The van der Waals surface area contributed by atoms with Gasteiger partial charge in [0.05, 0.1) is 0 Å². The van der Waals surface area contributed by atoms with Crippen molar-refractivity contribution in [1.82, 2.24) is 0 Å². The Morgan fingerprint density at radius 1 is 1.15 bits per heavy atom. The van der Waals surface area contributed by atoms with E-state index in [2.05, 4.69) is 0 Å². The minimum absolute atomic E-state index is 0.193. The molecular weight excluding hydrogens is 255 g/mol. The van der Waals surface area contributed by atoms with Gasteiger partial charge in [-0.05, 0) is 25.1 Å². The zero-order valence-corrected chi connectivity index (χ0v) is 11.9. The molecule has 0 saturated heterocycles. The SMILES string of the molecule is C[C@H](N)c1cccc(F)c1Oc1cccc(N(C)C)c1. The first-order valence-electron chi connectivity index (χ1n) is 6.48. The monoisotopic (exact) mass is 274 g/mol. The Labute approximate surface area is 118 Å². The first kappa shape index (κ1) is 14.3. The molecule has 106 valence electrons. The zero-order chi connectivity index (χ0) is 14.7. The minimum Gasteiger partial charge on any atom is -0.454 e. The number of ether oxygens (including phenoxy) is 1. The highest BCUT2D eigenvalue weighted by Crippen LogP contribution is 2.32. The Morgan fingerprint density at radius 2 is 1.85 bits per heavy atom. The van der Waals surface area contributed by atoms with Crippen molar-refractivity contribution in [1.29, 1.82) is 0 Å². The Hall–Kier alpha value is -2.07. The fraction of sp³-hybridized carbons (Fsp3) is 0.250. The number of benzene rings is 2. The Kier molecular flexibility index (Phi) is 4.25.